The number of H-pyrrole nitrogens is 1. The number of rotatable bonds is 3. The lowest BCUT2D eigenvalue weighted by Crippen LogP contribution is -2.34. The van der Waals surface area contributed by atoms with Crippen LogP contribution in [0.1, 0.15) is 26.7 Å². The molecule has 25 heavy (non-hydrogen) atoms. The van der Waals surface area contributed by atoms with E-state index in [0.717, 1.165) is 16.7 Å². The average molecular weight is 369 g/mol. The summed E-state index contributed by atoms with van der Waals surface area (Å²) < 4.78 is 47.1. The molecule has 1 aliphatic rings. The summed E-state index contributed by atoms with van der Waals surface area (Å²) in [6, 6.07) is 1.15. The Bertz CT molecular complexity index is 1060. The smallest absolute Gasteiger partial charge is 0.334 e. The van der Waals surface area contributed by atoms with Gasteiger partial charge >= 0.3 is 11.7 Å². The third-order valence-electron chi connectivity index (χ3n) is 3.86. The third kappa shape index (κ3) is 3.20. The third-order valence-corrected chi connectivity index (χ3v) is 5.51. The molecule has 1 aliphatic carbocycles. The highest BCUT2D eigenvalue weighted by atomic mass is 32.2. The number of ether oxygens (including phenoxy) is 1. The Morgan fingerprint density at radius 3 is 2.60 bits per heavy atom. The van der Waals surface area contributed by atoms with Gasteiger partial charge in [-0.25, -0.2) is 26.9 Å². The fourth-order valence-electron chi connectivity index (χ4n) is 2.38. The van der Waals surface area contributed by atoms with E-state index in [4.69, 9.17) is 15.6 Å². The van der Waals surface area contributed by atoms with Crippen molar-refractivity contribution in [1.82, 2.24) is 14.3 Å². The number of imidazole rings is 1. The van der Waals surface area contributed by atoms with Crippen LogP contribution in [0.15, 0.2) is 21.8 Å². The van der Waals surface area contributed by atoms with E-state index >= 15 is 0 Å². The summed E-state index contributed by atoms with van der Waals surface area (Å²) in [5, 5.41) is 15.0. The molecule has 3 rings (SSSR count). The minimum absolute atomic E-state index is 0.00932. The Hall–Kier alpha value is -2.53. The average Bonchev–Trinajstić information content (AvgIpc) is 3.06. The molecule has 0 aliphatic heterocycles. The normalized spacial score (nSPS) is 16.0. The van der Waals surface area contributed by atoms with Crippen molar-refractivity contribution in [2.24, 2.45) is 0 Å². The standard InChI is InChI=1S/C14H16FN5O4S/c1-7(16)24-12(17)20-10-6-11(8(15)5-9(10)18-13(20)21)25(22,23)19-14(2)3-4-14/h5-6,16-17,19H,3-4H2,1-2H3,(H,18,21). The molecular weight excluding hydrogens is 353 g/mol. The predicted octanol–water partition coefficient (Wildman–Crippen LogP) is 1.10. The number of nitrogens with one attached hydrogen (secondary N) is 4. The van der Waals surface area contributed by atoms with Gasteiger partial charge in [0.25, 0.3) is 0 Å². The molecule has 1 fully saturated rings. The lowest BCUT2D eigenvalue weighted by atomic mass is 10.3. The Labute approximate surface area is 141 Å². The van der Waals surface area contributed by atoms with Crippen molar-refractivity contribution in [3.63, 3.8) is 0 Å². The van der Waals surface area contributed by atoms with E-state index in [1.807, 2.05) is 0 Å². The number of sulfonamides is 1. The summed E-state index contributed by atoms with van der Waals surface area (Å²) in [7, 11) is -4.14. The first kappa shape index (κ1) is 17.3. The van der Waals surface area contributed by atoms with Crippen LogP contribution in [0.2, 0.25) is 0 Å². The lowest BCUT2D eigenvalue weighted by molar-refractivity contribution is 0.502. The number of halogens is 1. The number of hydrogen-bond donors (Lipinski definition) is 4. The van der Waals surface area contributed by atoms with Crippen LogP contribution in [0.3, 0.4) is 0 Å². The highest BCUT2D eigenvalue weighted by Crippen LogP contribution is 2.36. The zero-order chi connectivity index (χ0) is 18.6. The minimum Gasteiger partial charge on any atom is -0.412 e. The highest BCUT2D eigenvalue weighted by Gasteiger charge is 2.42. The van der Waals surface area contributed by atoms with Gasteiger partial charge in [0.2, 0.25) is 10.0 Å². The van der Waals surface area contributed by atoms with Gasteiger partial charge in [-0.15, -0.1) is 0 Å². The first-order valence-electron chi connectivity index (χ1n) is 7.33. The summed E-state index contributed by atoms with van der Waals surface area (Å²) in [5.41, 5.74) is -1.43. The second-order valence-electron chi connectivity index (χ2n) is 6.19. The molecule has 1 aromatic carbocycles. The Balaban J connectivity index is 2.15. The van der Waals surface area contributed by atoms with Crippen molar-refractivity contribution in [1.29, 1.82) is 10.8 Å². The molecule has 0 bridgehead atoms. The van der Waals surface area contributed by atoms with Gasteiger partial charge in [-0.2, -0.15) is 0 Å². The molecule has 1 aromatic heterocycles. The second-order valence-corrected chi connectivity index (χ2v) is 7.85. The molecule has 0 amide bonds. The van der Waals surface area contributed by atoms with Gasteiger partial charge in [-0.1, -0.05) is 0 Å². The van der Waals surface area contributed by atoms with Gasteiger partial charge in [0.15, 0.2) is 5.90 Å². The molecule has 134 valence electrons. The quantitative estimate of drug-likeness (QED) is 0.475. The van der Waals surface area contributed by atoms with Crippen LogP contribution in [0.4, 0.5) is 4.39 Å². The number of hydrogen-bond acceptors (Lipinski definition) is 6. The topological polar surface area (TPSA) is 141 Å². The summed E-state index contributed by atoms with van der Waals surface area (Å²) in [4.78, 5) is 13.7. The number of benzene rings is 1. The van der Waals surface area contributed by atoms with Crippen LogP contribution in [0.25, 0.3) is 11.0 Å². The SMILES string of the molecule is CC(=N)OC(=N)n1c(=O)[nH]c2cc(F)c(S(=O)(=O)NC3(C)CC3)cc21. The zero-order valence-corrected chi connectivity index (χ0v) is 14.3. The van der Waals surface area contributed by atoms with Crippen molar-refractivity contribution >= 4 is 33.0 Å². The molecule has 0 radical (unpaired) electrons. The molecule has 9 nitrogen and oxygen atoms in total. The molecule has 0 atom stereocenters. The van der Waals surface area contributed by atoms with Gasteiger partial charge in [-0.3, -0.25) is 10.8 Å². The molecule has 0 saturated heterocycles. The fraction of sp³-hybridized carbons (Fsp3) is 0.357. The van der Waals surface area contributed by atoms with Crippen LogP contribution in [-0.4, -0.2) is 35.4 Å². The summed E-state index contributed by atoms with van der Waals surface area (Å²) in [6.45, 7) is 2.98. The van der Waals surface area contributed by atoms with Crippen molar-refractivity contribution < 1.29 is 17.5 Å². The van der Waals surface area contributed by atoms with Crippen molar-refractivity contribution in [3.8, 4) is 0 Å². The molecule has 11 heteroatoms. The molecule has 0 spiro atoms. The Morgan fingerprint density at radius 1 is 1.40 bits per heavy atom. The van der Waals surface area contributed by atoms with Gasteiger partial charge in [0, 0.05) is 18.5 Å². The molecule has 2 aromatic rings. The van der Waals surface area contributed by atoms with E-state index < -0.39 is 38.0 Å². The molecule has 1 saturated carbocycles. The first-order valence-corrected chi connectivity index (χ1v) is 8.81. The van der Waals surface area contributed by atoms with Crippen LogP contribution < -0.4 is 10.4 Å². The number of nitrogens with zero attached hydrogens (tertiary/aromatic N) is 1. The molecule has 4 N–H and O–H groups in total. The maximum Gasteiger partial charge on any atom is 0.334 e. The summed E-state index contributed by atoms with van der Waals surface area (Å²) in [6.07, 6.45) is 1.31. The van der Waals surface area contributed by atoms with Crippen molar-refractivity contribution in [2.45, 2.75) is 37.1 Å². The second kappa shape index (κ2) is 5.49. The maximum absolute atomic E-state index is 14.3. The molecular formula is C14H16FN5O4S. The zero-order valence-electron chi connectivity index (χ0n) is 13.4. The van der Waals surface area contributed by atoms with Gasteiger partial charge in [0.05, 0.1) is 11.0 Å². The van der Waals surface area contributed by atoms with Crippen LogP contribution in [0.5, 0.6) is 0 Å². The van der Waals surface area contributed by atoms with Crippen molar-refractivity contribution in [3.05, 3.63) is 28.4 Å². The van der Waals surface area contributed by atoms with Crippen LogP contribution >= 0.6 is 0 Å². The fourth-order valence-corrected chi connectivity index (χ4v) is 3.92. The van der Waals surface area contributed by atoms with E-state index in [1.165, 1.54) is 6.92 Å². The van der Waals surface area contributed by atoms with Gasteiger partial charge in [-0.05, 0) is 25.8 Å². The Morgan fingerprint density at radius 2 is 2.04 bits per heavy atom. The summed E-state index contributed by atoms with van der Waals surface area (Å²) >= 11 is 0. The lowest BCUT2D eigenvalue weighted by Gasteiger charge is -2.13. The highest BCUT2D eigenvalue weighted by molar-refractivity contribution is 7.89. The van der Waals surface area contributed by atoms with Gasteiger partial charge in [0.1, 0.15) is 10.7 Å². The first-order chi connectivity index (χ1) is 11.5. The van der Waals surface area contributed by atoms with Crippen LogP contribution in [-0.2, 0) is 14.8 Å². The summed E-state index contributed by atoms with van der Waals surface area (Å²) in [5.74, 6) is -1.35. The number of aromatic nitrogens is 2. The van der Waals surface area contributed by atoms with E-state index in [-0.39, 0.29) is 16.9 Å². The van der Waals surface area contributed by atoms with Gasteiger partial charge < -0.3 is 9.72 Å². The number of aromatic amines is 1. The molecule has 1 heterocycles. The van der Waals surface area contributed by atoms with E-state index in [1.54, 1.807) is 6.92 Å². The predicted molar refractivity (Wildman–Crippen MR) is 88.1 cm³/mol. The van der Waals surface area contributed by atoms with E-state index in [0.29, 0.717) is 12.8 Å². The maximum atomic E-state index is 14.3. The minimum atomic E-state index is -4.14. The van der Waals surface area contributed by atoms with Crippen molar-refractivity contribution in [2.75, 3.05) is 0 Å². The monoisotopic (exact) mass is 369 g/mol. The Kier molecular flexibility index (Phi) is 3.80. The largest absolute Gasteiger partial charge is 0.412 e. The van der Waals surface area contributed by atoms with Crippen LogP contribution in [0, 0.1) is 16.6 Å². The van der Waals surface area contributed by atoms with E-state index in [2.05, 4.69) is 9.71 Å². The number of fused-ring (bicyclic) bond motifs is 1. The van der Waals surface area contributed by atoms with E-state index in [9.17, 15) is 17.6 Å². The molecule has 0 unspecified atom stereocenters.